The molecule has 5 rings (SSSR count). The normalized spacial score (nSPS) is 12.4. The number of aromatic nitrogens is 2. The standard InChI is InChI=1S/C22H16N2O5S/c1-11-4-3-5-14-20(11)24(2)19-10-15-18(9-16(19)22(14)26)23-17-8-12(30(27,28)29)6-7-13(17)21(15)25/h3-10H,1-2H3,(H,23,25)(H,27,28,29). The summed E-state index contributed by atoms with van der Waals surface area (Å²) in [5.41, 5.74) is 2.64. The lowest BCUT2D eigenvalue weighted by molar-refractivity contribution is 0.483. The number of pyridine rings is 2. The van der Waals surface area contributed by atoms with Crippen LogP contribution in [0.25, 0.3) is 43.6 Å². The number of aromatic amines is 1. The van der Waals surface area contributed by atoms with Crippen molar-refractivity contribution in [2.24, 2.45) is 7.05 Å². The van der Waals surface area contributed by atoms with Crippen LogP contribution in [-0.2, 0) is 17.2 Å². The lowest BCUT2D eigenvalue weighted by Crippen LogP contribution is -2.12. The maximum Gasteiger partial charge on any atom is 0.294 e. The first-order chi connectivity index (χ1) is 14.2. The summed E-state index contributed by atoms with van der Waals surface area (Å²) in [6.45, 7) is 1.93. The van der Waals surface area contributed by atoms with Crippen LogP contribution in [0, 0.1) is 6.92 Å². The fourth-order valence-electron chi connectivity index (χ4n) is 4.17. The molecule has 2 heterocycles. The summed E-state index contributed by atoms with van der Waals surface area (Å²) in [7, 11) is -2.55. The Morgan fingerprint density at radius 2 is 1.57 bits per heavy atom. The van der Waals surface area contributed by atoms with Crippen molar-refractivity contribution in [2.45, 2.75) is 11.8 Å². The molecule has 0 aliphatic carbocycles. The van der Waals surface area contributed by atoms with Crippen molar-refractivity contribution in [2.75, 3.05) is 0 Å². The van der Waals surface area contributed by atoms with E-state index in [4.69, 9.17) is 0 Å². The van der Waals surface area contributed by atoms with E-state index >= 15 is 0 Å². The van der Waals surface area contributed by atoms with Crippen molar-refractivity contribution in [3.05, 3.63) is 74.5 Å². The third-order valence-electron chi connectivity index (χ3n) is 5.61. The van der Waals surface area contributed by atoms with Crippen LogP contribution in [0.15, 0.2) is 63.0 Å². The van der Waals surface area contributed by atoms with Crippen molar-refractivity contribution < 1.29 is 13.0 Å². The highest BCUT2D eigenvalue weighted by molar-refractivity contribution is 7.85. The minimum absolute atomic E-state index is 0.142. The van der Waals surface area contributed by atoms with Gasteiger partial charge in [0.05, 0.1) is 27.0 Å². The Bertz CT molecular complexity index is 1780. The zero-order valence-corrected chi connectivity index (χ0v) is 16.9. The highest BCUT2D eigenvalue weighted by Crippen LogP contribution is 2.25. The number of hydrogen-bond acceptors (Lipinski definition) is 4. The molecule has 0 amide bonds. The highest BCUT2D eigenvalue weighted by Gasteiger charge is 2.16. The van der Waals surface area contributed by atoms with Gasteiger partial charge in [-0.15, -0.1) is 0 Å². The lowest BCUT2D eigenvalue weighted by atomic mass is 10.0. The van der Waals surface area contributed by atoms with E-state index in [0.717, 1.165) is 11.1 Å². The largest absolute Gasteiger partial charge is 0.354 e. The number of hydrogen-bond donors (Lipinski definition) is 2. The Kier molecular flexibility index (Phi) is 3.71. The zero-order chi connectivity index (χ0) is 21.4. The molecule has 0 spiro atoms. The maximum atomic E-state index is 13.2. The first kappa shape index (κ1) is 18.5. The smallest absolute Gasteiger partial charge is 0.294 e. The van der Waals surface area contributed by atoms with Gasteiger partial charge in [-0.05, 0) is 48.9 Å². The fraction of sp³-hybridized carbons (Fsp3) is 0.0909. The average molecular weight is 420 g/mol. The van der Waals surface area contributed by atoms with Crippen LogP contribution >= 0.6 is 0 Å². The molecule has 5 aromatic rings. The average Bonchev–Trinajstić information content (AvgIpc) is 2.70. The van der Waals surface area contributed by atoms with Crippen molar-refractivity contribution in [3.8, 4) is 0 Å². The predicted octanol–water partition coefficient (Wildman–Crippen LogP) is 3.24. The Labute approximate surface area is 169 Å². The SMILES string of the molecule is Cc1cccc2c(=O)c3cc4[nH]c5cc(S(=O)(=O)O)ccc5c(=O)c4cc3n(C)c12. The Balaban J connectivity index is 1.99. The lowest BCUT2D eigenvalue weighted by Gasteiger charge is -2.13. The molecular weight excluding hydrogens is 404 g/mol. The number of rotatable bonds is 1. The summed E-state index contributed by atoms with van der Waals surface area (Å²) in [5, 5.41) is 1.71. The summed E-state index contributed by atoms with van der Waals surface area (Å²) in [5.74, 6) is 0. The predicted molar refractivity (Wildman–Crippen MR) is 117 cm³/mol. The molecule has 8 heteroatoms. The van der Waals surface area contributed by atoms with Gasteiger partial charge in [0.25, 0.3) is 10.1 Å². The molecule has 0 fully saturated rings. The quantitative estimate of drug-likeness (QED) is 0.320. The van der Waals surface area contributed by atoms with E-state index in [0.29, 0.717) is 27.2 Å². The Hall–Kier alpha value is -3.49. The van der Waals surface area contributed by atoms with Crippen LogP contribution in [0.5, 0.6) is 0 Å². The van der Waals surface area contributed by atoms with Crippen LogP contribution in [-0.4, -0.2) is 22.5 Å². The van der Waals surface area contributed by atoms with Gasteiger partial charge in [-0.3, -0.25) is 14.1 Å². The van der Waals surface area contributed by atoms with E-state index in [1.54, 1.807) is 18.2 Å². The van der Waals surface area contributed by atoms with Crippen molar-refractivity contribution in [3.63, 3.8) is 0 Å². The molecule has 3 aromatic carbocycles. The second-order valence-electron chi connectivity index (χ2n) is 7.41. The fourth-order valence-corrected chi connectivity index (χ4v) is 4.67. The van der Waals surface area contributed by atoms with E-state index in [9.17, 15) is 22.6 Å². The minimum atomic E-state index is -4.41. The zero-order valence-electron chi connectivity index (χ0n) is 16.1. The summed E-state index contributed by atoms with van der Waals surface area (Å²) in [6.07, 6.45) is 0. The number of fused-ring (bicyclic) bond motifs is 4. The van der Waals surface area contributed by atoms with Gasteiger partial charge in [-0.1, -0.05) is 12.1 Å². The van der Waals surface area contributed by atoms with Gasteiger partial charge in [-0.25, -0.2) is 0 Å². The van der Waals surface area contributed by atoms with E-state index in [1.807, 2.05) is 30.7 Å². The van der Waals surface area contributed by atoms with Gasteiger partial charge >= 0.3 is 0 Å². The van der Waals surface area contributed by atoms with Crippen LogP contribution in [0.2, 0.25) is 0 Å². The molecule has 7 nitrogen and oxygen atoms in total. The monoisotopic (exact) mass is 420 g/mol. The number of nitrogens with zero attached hydrogens (tertiary/aromatic N) is 1. The van der Waals surface area contributed by atoms with E-state index in [-0.39, 0.29) is 26.7 Å². The molecule has 2 aromatic heterocycles. The molecule has 0 atom stereocenters. The molecule has 0 aliphatic rings. The number of para-hydroxylation sites is 1. The molecule has 0 unspecified atom stereocenters. The Morgan fingerprint density at radius 3 is 2.30 bits per heavy atom. The molecule has 150 valence electrons. The van der Waals surface area contributed by atoms with Crippen LogP contribution < -0.4 is 10.9 Å². The van der Waals surface area contributed by atoms with Gasteiger partial charge in [0.1, 0.15) is 0 Å². The summed E-state index contributed by atoms with van der Waals surface area (Å²) in [4.78, 5) is 29.0. The second kappa shape index (κ2) is 6.01. The molecule has 0 bridgehead atoms. The van der Waals surface area contributed by atoms with Gasteiger partial charge in [0.2, 0.25) is 0 Å². The third kappa shape index (κ3) is 2.51. The third-order valence-corrected chi connectivity index (χ3v) is 6.46. The Morgan fingerprint density at radius 1 is 0.867 bits per heavy atom. The van der Waals surface area contributed by atoms with Crippen molar-refractivity contribution >= 4 is 53.7 Å². The van der Waals surface area contributed by atoms with Gasteiger partial charge in [0.15, 0.2) is 10.9 Å². The number of aryl methyl sites for hydroxylation is 2. The molecule has 30 heavy (non-hydrogen) atoms. The first-order valence-corrected chi connectivity index (χ1v) is 10.6. The number of nitrogens with one attached hydrogen (secondary N) is 1. The topological polar surface area (TPSA) is 109 Å². The van der Waals surface area contributed by atoms with Crippen LogP contribution in [0.1, 0.15) is 5.56 Å². The molecule has 0 saturated carbocycles. The maximum absolute atomic E-state index is 13.2. The van der Waals surface area contributed by atoms with E-state index in [2.05, 4.69) is 4.98 Å². The van der Waals surface area contributed by atoms with Crippen molar-refractivity contribution in [1.29, 1.82) is 0 Å². The molecule has 0 saturated heterocycles. The molecule has 0 aliphatic heterocycles. The van der Waals surface area contributed by atoms with Crippen LogP contribution in [0.4, 0.5) is 0 Å². The first-order valence-electron chi connectivity index (χ1n) is 9.16. The molecule has 2 N–H and O–H groups in total. The minimum Gasteiger partial charge on any atom is -0.354 e. The number of H-pyrrole nitrogens is 1. The molecule has 0 radical (unpaired) electrons. The summed E-state index contributed by atoms with van der Waals surface area (Å²) >= 11 is 0. The van der Waals surface area contributed by atoms with E-state index in [1.165, 1.54) is 18.2 Å². The molecular formula is C22H16N2O5S. The summed E-state index contributed by atoms with van der Waals surface area (Å²) in [6, 6.07) is 12.6. The summed E-state index contributed by atoms with van der Waals surface area (Å²) < 4.78 is 34.1. The number of benzene rings is 3. The van der Waals surface area contributed by atoms with Gasteiger partial charge in [-0.2, -0.15) is 8.42 Å². The van der Waals surface area contributed by atoms with E-state index < -0.39 is 10.1 Å². The second-order valence-corrected chi connectivity index (χ2v) is 8.83. The highest BCUT2D eigenvalue weighted by atomic mass is 32.2. The van der Waals surface area contributed by atoms with Gasteiger partial charge in [0, 0.05) is 28.6 Å². The van der Waals surface area contributed by atoms with Crippen LogP contribution in [0.3, 0.4) is 0 Å². The van der Waals surface area contributed by atoms with Crippen molar-refractivity contribution in [1.82, 2.24) is 9.55 Å². The van der Waals surface area contributed by atoms with Gasteiger partial charge < -0.3 is 9.55 Å².